The van der Waals surface area contributed by atoms with Crippen LogP contribution in [-0.4, -0.2) is 14.8 Å². The van der Waals surface area contributed by atoms with Crippen molar-refractivity contribution in [1.82, 2.24) is 9.13 Å². The van der Waals surface area contributed by atoms with Crippen molar-refractivity contribution in [3.8, 4) is 0 Å². The second-order valence-electron chi connectivity index (χ2n) is 6.68. The lowest BCUT2D eigenvalue weighted by molar-refractivity contribution is 0.537. The van der Waals surface area contributed by atoms with Crippen LogP contribution in [0.1, 0.15) is 69.3 Å². The minimum absolute atomic E-state index is 0.152. The van der Waals surface area contributed by atoms with E-state index in [1.165, 1.54) is 42.4 Å². The Bertz CT molecular complexity index is 712. The van der Waals surface area contributed by atoms with Crippen molar-refractivity contribution in [2.75, 3.05) is 0 Å². The number of nitrogens with zero attached hydrogens (tertiary/aromatic N) is 3. The average molecular weight is 303 g/mol. The highest BCUT2D eigenvalue weighted by Crippen LogP contribution is 2.36. The molecule has 22 heavy (non-hydrogen) atoms. The third kappa shape index (κ3) is 2.69. The molecule has 0 saturated heterocycles. The minimum Gasteiger partial charge on any atom is -0.281 e. The maximum absolute atomic E-state index is 12.6. The smallest absolute Gasteiger partial charge is 0.281 e. The van der Waals surface area contributed by atoms with E-state index in [-0.39, 0.29) is 17.2 Å². The van der Waals surface area contributed by atoms with E-state index in [9.17, 15) is 9.59 Å². The molecule has 0 spiro atoms. The van der Waals surface area contributed by atoms with Crippen molar-refractivity contribution >= 4 is 11.5 Å². The van der Waals surface area contributed by atoms with Crippen LogP contribution in [0.25, 0.3) is 0 Å². The van der Waals surface area contributed by atoms with Gasteiger partial charge in [-0.25, -0.2) is 9.79 Å². The number of fused-ring (bicyclic) bond motifs is 4. The molecular weight excluding hydrogens is 278 g/mol. The summed E-state index contributed by atoms with van der Waals surface area (Å²) in [5.74, 6) is 0.838. The Morgan fingerprint density at radius 3 is 2.41 bits per heavy atom. The first-order valence-electron chi connectivity index (χ1n) is 8.46. The van der Waals surface area contributed by atoms with Crippen LogP contribution >= 0.6 is 0 Å². The molecule has 2 bridgehead atoms. The summed E-state index contributed by atoms with van der Waals surface area (Å²) in [6, 6.07) is 0. The van der Waals surface area contributed by atoms with Gasteiger partial charge in [-0.15, -0.1) is 0 Å². The van der Waals surface area contributed by atoms with Crippen LogP contribution in [-0.2, 0) is 14.1 Å². The summed E-state index contributed by atoms with van der Waals surface area (Å²) in [6.45, 7) is 0. The number of rotatable bonds is 0. The molecular formula is C17H25N3O2. The molecule has 3 rings (SSSR count). The van der Waals surface area contributed by atoms with Crippen LogP contribution in [0.3, 0.4) is 0 Å². The van der Waals surface area contributed by atoms with Gasteiger partial charge in [-0.1, -0.05) is 32.1 Å². The van der Waals surface area contributed by atoms with E-state index in [1.807, 2.05) is 0 Å². The summed E-state index contributed by atoms with van der Waals surface area (Å²) < 4.78 is 2.77. The van der Waals surface area contributed by atoms with E-state index >= 15 is 0 Å². The average Bonchev–Trinajstić information content (AvgIpc) is 2.56. The summed E-state index contributed by atoms with van der Waals surface area (Å²) >= 11 is 0. The van der Waals surface area contributed by atoms with Gasteiger partial charge in [0.25, 0.3) is 5.56 Å². The highest BCUT2D eigenvalue weighted by atomic mass is 16.2. The van der Waals surface area contributed by atoms with Crippen molar-refractivity contribution in [1.29, 1.82) is 0 Å². The Balaban J connectivity index is 2.12. The van der Waals surface area contributed by atoms with Gasteiger partial charge in [0.1, 0.15) is 5.82 Å². The van der Waals surface area contributed by atoms with Crippen LogP contribution in [0.4, 0.5) is 5.82 Å². The molecule has 2 heterocycles. The summed E-state index contributed by atoms with van der Waals surface area (Å²) in [4.78, 5) is 29.5. The molecule has 1 saturated carbocycles. The normalized spacial score (nSPS) is 22.5. The lowest BCUT2D eigenvalue weighted by Crippen LogP contribution is -2.40. The molecule has 1 aromatic rings. The van der Waals surface area contributed by atoms with Crippen molar-refractivity contribution in [2.24, 2.45) is 19.1 Å². The minimum atomic E-state index is -0.281. The maximum atomic E-state index is 12.6. The fourth-order valence-electron chi connectivity index (χ4n) is 3.77. The molecule has 1 aliphatic carbocycles. The Kier molecular flexibility index (Phi) is 4.32. The fraction of sp³-hybridized carbons (Fsp3) is 0.706. The second kappa shape index (κ2) is 6.23. The third-order valence-electron chi connectivity index (χ3n) is 5.09. The van der Waals surface area contributed by atoms with Gasteiger partial charge in [0, 0.05) is 19.8 Å². The van der Waals surface area contributed by atoms with Gasteiger partial charge in [0.05, 0.1) is 5.56 Å². The quantitative estimate of drug-likeness (QED) is 0.740. The van der Waals surface area contributed by atoms with Crippen LogP contribution < -0.4 is 11.2 Å². The van der Waals surface area contributed by atoms with Crippen molar-refractivity contribution in [3.63, 3.8) is 0 Å². The largest absolute Gasteiger partial charge is 0.332 e. The van der Waals surface area contributed by atoms with E-state index < -0.39 is 0 Å². The molecule has 1 aliphatic heterocycles. The number of aliphatic imine (C=N–C) groups is 1. The highest BCUT2D eigenvalue weighted by Gasteiger charge is 2.28. The predicted octanol–water partition coefficient (Wildman–Crippen LogP) is 2.78. The van der Waals surface area contributed by atoms with Gasteiger partial charge in [0.2, 0.25) is 0 Å². The molecule has 2 aliphatic rings. The maximum Gasteiger partial charge on any atom is 0.332 e. The van der Waals surface area contributed by atoms with Gasteiger partial charge < -0.3 is 0 Å². The molecule has 5 heteroatoms. The molecule has 1 aromatic heterocycles. The number of aromatic nitrogens is 2. The molecule has 120 valence electrons. The van der Waals surface area contributed by atoms with Gasteiger partial charge >= 0.3 is 5.69 Å². The van der Waals surface area contributed by atoms with Crippen LogP contribution in [0.15, 0.2) is 14.6 Å². The van der Waals surface area contributed by atoms with Crippen molar-refractivity contribution in [3.05, 3.63) is 26.4 Å². The summed E-state index contributed by atoms with van der Waals surface area (Å²) in [6.07, 6.45) is 10.3. The van der Waals surface area contributed by atoms with Crippen molar-refractivity contribution < 1.29 is 0 Å². The Morgan fingerprint density at radius 1 is 0.955 bits per heavy atom. The SMILES string of the molecule is Cn1c2c(c(=O)n(C)c1=O)C1CCCCCCCCC(=N2)C1. The first-order chi connectivity index (χ1) is 10.6. The number of hydrogen-bond acceptors (Lipinski definition) is 3. The molecule has 1 unspecified atom stereocenters. The first kappa shape index (κ1) is 15.3. The zero-order chi connectivity index (χ0) is 15.7. The van der Waals surface area contributed by atoms with Crippen LogP contribution in [0.2, 0.25) is 0 Å². The van der Waals surface area contributed by atoms with E-state index in [2.05, 4.69) is 0 Å². The molecule has 0 N–H and O–H groups in total. The second-order valence-corrected chi connectivity index (χ2v) is 6.68. The molecule has 1 fully saturated rings. The topological polar surface area (TPSA) is 56.4 Å². The van der Waals surface area contributed by atoms with E-state index in [1.54, 1.807) is 18.7 Å². The molecule has 0 amide bonds. The van der Waals surface area contributed by atoms with Gasteiger partial charge in [-0.05, 0) is 31.6 Å². The highest BCUT2D eigenvalue weighted by molar-refractivity contribution is 5.89. The van der Waals surface area contributed by atoms with E-state index in [0.29, 0.717) is 5.82 Å². The molecule has 0 radical (unpaired) electrons. The fourth-order valence-corrected chi connectivity index (χ4v) is 3.77. The first-order valence-corrected chi connectivity index (χ1v) is 8.46. The van der Waals surface area contributed by atoms with Crippen LogP contribution in [0, 0.1) is 0 Å². The number of hydrogen-bond donors (Lipinski definition) is 0. The van der Waals surface area contributed by atoms with Gasteiger partial charge in [0.15, 0.2) is 0 Å². The van der Waals surface area contributed by atoms with Gasteiger partial charge in [-0.2, -0.15) is 0 Å². The van der Waals surface area contributed by atoms with Crippen molar-refractivity contribution in [2.45, 2.75) is 63.7 Å². The van der Waals surface area contributed by atoms with Crippen LogP contribution in [0.5, 0.6) is 0 Å². The summed E-state index contributed by atoms with van der Waals surface area (Å²) in [7, 11) is 3.29. The lowest BCUT2D eigenvalue weighted by Gasteiger charge is -2.25. The van der Waals surface area contributed by atoms with E-state index in [4.69, 9.17) is 4.99 Å². The molecule has 5 nitrogen and oxygen atoms in total. The summed E-state index contributed by atoms with van der Waals surface area (Å²) in [5, 5.41) is 0. The third-order valence-corrected chi connectivity index (χ3v) is 5.09. The zero-order valence-corrected chi connectivity index (χ0v) is 13.6. The summed E-state index contributed by atoms with van der Waals surface area (Å²) in [5.41, 5.74) is 1.49. The standard InChI is InChI=1S/C17H25N3O2/c1-19-15-14(16(21)20(2)17(19)22)12-9-7-5-3-4-6-8-10-13(11-12)18-15/h12H,3-11H2,1-2H3. The van der Waals surface area contributed by atoms with Gasteiger partial charge in [-0.3, -0.25) is 13.9 Å². The Labute approximate surface area is 130 Å². The Morgan fingerprint density at radius 2 is 1.64 bits per heavy atom. The zero-order valence-electron chi connectivity index (χ0n) is 13.6. The Hall–Kier alpha value is -1.65. The molecule has 0 aromatic carbocycles. The van der Waals surface area contributed by atoms with E-state index in [0.717, 1.165) is 31.2 Å². The lowest BCUT2D eigenvalue weighted by atomic mass is 9.86. The monoisotopic (exact) mass is 303 g/mol. The molecule has 1 atom stereocenters. The predicted molar refractivity (Wildman–Crippen MR) is 88.3 cm³/mol.